The normalized spacial score (nSPS) is 21.3. The van der Waals surface area contributed by atoms with E-state index in [1.54, 1.807) is 18.2 Å². The molecule has 2 saturated heterocycles. The van der Waals surface area contributed by atoms with Crippen LogP contribution in [0.4, 0.5) is 0 Å². The van der Waals surface area contributed by atoms with Crippen LogP contribution in [0.3, 0.4) is 0 Å². The summed E-state index contributed by atoms with van der Waals surface area (Å²) in [6, 6.07) is 4.17. The number of hydrogen-bond donors (Lipinski definition) is 1. The van der Waals surface area contributed by atoms with Gasteiger partial charge in [-0.25, -0.2) is 0 Å². The fourth-order valence-electron chi connectivity index (χ4n) is 3.47. The largest absolute Gasteiger partial charge is 0.490 e. The molecule has 164 valence electrons. The number of benzene rings is 1. The van der Waals surface area contributed by atoms with Crippen molar-refractivity contribution in [1.29, 1.82) is 0 Å². The molecule has 2 aliphatic heterocycles. The molecule has 8 nitrogen and oxygen atoms in total. The predicted octanol–water partition coefficient (Wildman–Crippen LogP) is 2.29. The van der Waals surface area contributed by atoms with Crippen LogP contribution in [0.25, 0.3) is 0 Å². The van der Waals surface area contributed by atoms with Crippen molar-refractivity contribution in [3.05, 3.63) is 28.2 Å². The summed E-state index contributed by atoms with van der Waals surface area (Å²) < 4.78 is 17.1. The zero-order chi connectivity index (χ0) is 21.5. The third-order valence-corrected chi connectivity index (χ3v) is 5.67. The van der Waals surface area contributed by atoms with E-state index >= 15 is 0 Å². The maximum absolute atomic E-state index is 13.1. The Morgan fingerprint density at radius 3 is 2.90 bits per heavy atom. The number of ether oxygens (including phenoxy) is 3. The summed E-state index contributed by atoms with van der Waals surface area (Å²) in [4.78, 5) is 38.9. The van der Waals surface area contributed by atoms with Crippen LogP contribution in [0.5, 0.6) is 5.75 Å². The van der Waals surface area contributed by atoms with Crippen LogP contribution < -0.4 is 10.1 Å². The molecule has 1 aromatic rings. The van der Waals surface area contributed by atoms with Crippen LogP contribution in [0.15, 0.2) is 22.7 Å². The standard InChI is InChI=1S/C21H27BrN2O6/c1-2-9-29-19(25)12-17-20(26)23-7-8-24(17)21(27)14-5-6-18(16(22)11-14)30-13-15-4-3-10-28-15/h5-6,11,15,17H,2-4,7-10,12-13H2,1H3,(H,23,26). The second-order valence-electron chi connectivity index (χ2n) is 7.32. The third kappa shape index (κ3) is 5.72. The minimum Gasteiger partial charge on any atom is -0.490 e. The van der Waals surface area contributed by atoms with Crippen molar-refractivity contribution < 1.29 is 28.6 Å². The summed E-state index contributed by atoms with van der Waals surface area (Å²) in [5.74, 6) is -0.531. The van der Waals surface area contributed by atoms with Gasteiger partial charge in [-0.3, -0.25) is 14.4 Å². The van der Waals surface area contributed by atoms with Crippen LogP contribution in [0, 0.1) is 0 Å². The molecule has 0 saturated carbocycles. The van der Waals surface area contributed by atoms with Gasteiger partial charge in [0.15, 0.2) is 0 Å². The molecule has 9 heteroatoms. The molecule has 2 heterocycles. The Kier molecular flexibility index (Phi) is 8.09. The number of halogens is 1. The quantitative estimate of drug-likeness (QED) is 0.571. The van der Waals surface area contributed by atoms with E-state index in [0.29, 0.717) is 48.5 Å². The van der Waals surface area contributed by atoms with Crippen LogP contribution in [-0.4, -0.2) is 67.7 Å². The Morgan fingerprint density at radius 1 is 1.37 bits per heavy atom. The lowest BCUT2D eigenvalue weighted by Crippen LogP contribution is -2.57. The fourth-order valence-corrected chi connectivity index (χ4v) is 3.96. The monoisotopic (exact) mass is 482 g/mol. The molecule has 0 aromatic heterocycles. The van der Waals surface area contributed by atoms with Gasteiger partial charge in [0.2, 0.25) is 5.91 Å². The number of nitrogens with zero attached hydrogens (tertiary/aromatic N) is 1. The second kappa shape index (κ2) is 10.8. The van der Waals surface area contributed by atoms with Crippen molar-refractivity contribution in [1.82, 2.24) is 10.2 Å². The summed E-state index contributed by atoms with van der Waals surface area (Å²) in [5.41, 5.74) is 0.410. The first-order chi connectivity index (χ1) is 14.5. The third-order valence-electron chi connectivity index (χ3n) is 5.05. The van der Waals surface area contributed by atoms with Crippen LogP contribution in [0.1, 0.15) is 43.0 Å². The average Bonchev–Trinajstić information content (AvgIpc) is 3.26. The molecule has 2 amide bonds. The average molecular weight is 483 g/mol. The number of amides is 2. The molecular weight excluding hydrogens is 456 g/mol. The van der Waals surface area contributed by atoms with Gasteiger partial charge in [-0.05, 0) is 53.4 Å². The number of hydrogen-bond acceptors (Lipinski definition) is 6. The zero-order valence-electron chi connectivity index (χ0n) is 17.0. The highest BCUT2D eigenvalue weighted by atomic mass is 79.9. The van der Waals surface area contributed by atoms with E-state index in [0.717, 1.165) is 19.4 Å². The topological polar surface area (TPSA) is 94.2 Å². The highest BCUT2D eigenvalue weighted by Gasteiger charge is 2.35. The fraction of sp³-hybridized carbons (Fsp3) is 0.571. The maximum Gasteiger partial charge on any atom is 0.308 e. The molecule has 2 atom stereocenters. The molecule has 1 aromatic carbocycles. The van der Waals surface area contributed by atoms with Crippen LogP contribution in [-0.2, 0) is 19.1 Å². The highest BCUT2D eigenvalue weighted by Crippen LogP contribution is 2.28. The lowest BCUT2D eigenvalue weighted by molar-refractivity contribution is -0.147. The van der Waals surface area contributed by atoms with Gasteiger partial charge in [-0.15, -0.1) is 0 Å². The summed E-state index contributed by atoms with van der Waals surface area (Å²) in [5, 5.41) is 2.71. The molecular formula is C21H27BrN2O6. The first-order valence-corrected chi connectivity index (χ1v) is 11.1. The van der Waals surface area contributed by atoms with E-state index in [-0.39, 0.29) is 24.3 Å². The number of carbonyl (C=O) groups is 3. The van der Waals surface area contributed by atoms with Gasteiger partial charge in [0.1, 0.15) is 18.4 Å². The number of esters is 1. The Hall–Kier alpha value is -2.13. The van der Waals surface area contributed by atoms with Gasteiger partial charge < -0.3 is 24.4 Å². The van der Waals surface area contributed by atoms with Crippen molar-refractivity contribution in [3.63, 3.8) is 0 Å². The lowest BCUT2D eigenvalue weighted by Gasteiger charge is -2.34. The minimum absolute atomic E-state index is 0.0956. The highest BCUT2D eigenvalue weighted by molar-refractivity contribution is 9.10. The molecule has 2 aliphatic rings. The van der Waals surface area contributed by atoms with E-state index in [4.69, 9.17) is 14.2 Å². The van der Waals surface area contributed by atoms with E-state index in [9.17, 15) is 14.4 Å². The second-order valence-corrected chi connectivity index (χ2v) is 8.18. The van der Waals surface area contributed by atoms with E-state index in [2.05, 4.69) is 21.2 Å². The van der Waals surface area contributed by atoms with Crippen molar-refractivity contribution in [2.45, 2.75) is 44.8 Å². The molecule has 0 aliphatic carbocycles. The Morgan fingerprint density at radius 2 is 2.20 bits per heavy atom. The summed E-state index contributed by atoms with van der Waals surface area (Å²) in [7, 11) is 0. The Balaban J connectivity index is 1.67. The van der Waals surface area contributed by atoms with Crippen molar-refractivity contribution in [2.75, 3.05) is 32.9 Å². The smallest absolute Gasteiger partial charge is 0.308 e. The van der Waals surface area contributed by atoms with Crippen molar-refractivity contribution in [3.8, 4) is 5.75 Å². The summed E-state index contributed by atoms with van der Waals surface area (Å²) >= 11 is 3.45. The van der Waals surface area contributed by atoms with Crippen molar-refractivity contribution >= 4 is 33.7 Å². The van der Waals surface area contributed by atoms with Crippen LogP contribution >= 0.6 is 15.9 Å². The van der Waals surface area contributed by atoms with Gasteiger partial charge in [0.25, 0.3) is 5.91 Å². The molecule has 2 unspecified atom stereocenters. The van der Waals surface area contributed by atoms with E-state index in [1.807, 2.05) is 6.92 Å². The minimum atomic E-state index is -0.884. The number of nitrogens with one attached hydrogen (secondary N) is 1. The number of piperazine rings is 1. The zero-order valence-corrected chi connectivity index (χ0v) is 18.6. The van der Waals surface area contributed by atoms with Gasteiger partial charge >= 0.3 is 5.97 Å². The lowest BCUT2D eigenvalue weighted by atomic mass is 10.1. The SMILES string of the molecule is CCCOC(=O)CC1C(=O)NCCN1C(=O)c1ccc(OCC2CCCO2)c(Br)c1. The van der Waals surface area contributed by atoms with E-state index < -0.39 is 12.0 Å². The van der Waals surface area contributed by atoms with Gasteiger partial charge in [-0.1, -0.05) is 6.92 Å². The maximum atomic E-state index is 13.1. The molecule has 2 fully saturated rings. The predicted molar refractivity (Wildman–Crippen MR) is 112 cm³/mol. The van der Waals surface area contributed by atoms with Gasteiger partial charge in [0.05, 0.1) is 23.6 Å². The first kappa shape index (κ1) is 22.6. The van der Waals surface area contributed by atoms with Gasteiger partial charge in [0, 0.05) is 25.3 Å². The Bertz CT molecular complexity index is 781. The first-order valence-electron chi connectivity index (χ1n) is 10.3. The van der Waals surface area contributed by atoms with Crippen LogP contribution in [0.2, 0.25) is 0 Å². The summed E-state index contributed by atoms with van der Waals surface area (Å²) in [6.45, 7) is 4.07. The molecule has 0 bridgehead atoms. The Labute approximate surface area is 184 Å². The van der Waals surface area contributed by atoms with E-state index in [1.165, 1.54) is 4.90 Å². The van der Waals surface area contributed by atoms with Crippen molar-refractivity contribution in [2.24, 2.45) is 0 Å². The number of rotatable bonds is 8. The van der Waals surface area contributed by atoms with Gasteiger partial charge in [-0.2, -0.15) is 0 Å². The number of carbonyl (C=O) groups excluding carboxylic acids is 3. The summed E-state index contributed by atoms with van der Waals surface area (Å²) in [6.07, 6.45) is 2.65. The molecule has 0 spiro atoms. The molecule has 1 N–H and O–H groups in total. The molecule has 0 radical (unpaired) electrons. The molecule has 30 heavy (non-hydrogen) atoms. The molecule has 3 rings (SSSR count).